The van der Waals surface area contributed by atoms with Crippen molar-refractivity contribution in [1.82, 2.24) is 14.9 Å². The number of carbonyl (C=O) groups excluding carboxylic acids is 1. The number of rotatable bonds is 5. The summed E-state index contributed by atoms with van der Waals surface area (Å²) in [6.07, 6.45) is 2.29. The Kier molecular flexibility index (Phi) is 4.43. The zero-order chi connectivity index (χ0) is 15.5. The van der Waals surface area contributed by atoms with Gasteiger partial charge < -0.3 is 14.6 Å². The zero-order valence-corrected chi connectivity index (χ0v) is 13.2. The number of para-hydroxylation sites is 2. The Morgan fingerprint density at radius 1 is 1.45 bits per heavy atom. The van der Waals surface area contributed by atoms with Crippen LogP contribution in [0.15, 0.2) is 24.3 Å². The van der Waals surface area contributed by atoms with Crippen molar-refractivity contribution >= 4 is 16.9 Å². The highest BCUT2D eigenvalue weighted by Gasteiger charge is 2.18. The van der Waals surface area contributed by atoms with Crippen LogP contribution in [0.3, 0.4) is 0 Å². The highest BCUT2D eigenvalue weighted by molar-refractivity contribution is 5.81. The summed E-state index contributed by atoms with van der Waals surface area (Å²) in [5.74, 6) is 1.24. The summed E-state index contributed by atoms with van der Waals surface area (Å²) in [4.78, 5) is 16.9. The summed E-state index contributed by atoms with van der Waals surface area (Å²) in [7, 11) is 0. The van der Waals surface area contributed by atoms with Gasteiger partial charge in [-0.3, -0.25) is 4.79 Å². The van der Waals surface area contributed by atoms with Crippen molar-refractivity contribution in [2.45, 2.75) is 45.3 Å². The van der Waals surface area contributed by atoms with Crippen LogP contribution >= 0.6 is 0 Å². The summed E-state index contributed by atoms with van der Waals surface area (Å²) in [6.45, 7) is 5.91. The fourth-order valence-corrected chi connectivity index (χ4v) is 2.93. The minimum Gasteiger partial charge on any atom is -0.376 e. The number of fused-ring (bicyclic) bond motifs is 1. The quantitative estimate of drug-likeness (QED) is 0.923. The average molecular weight is 301 g/mol. The molecule has 3 rings (SSSR count). The van der Waals surface area contributed by atoms with Crippen LogP contribution in [-0.2, 0) is 16.1 Å². The number of imidazole rings is 1. The summed E-state index contributed by atoms with van der Waals surface area (Å²) in [5, 5.41) is 2.98. The molecule has 1 atom stereocenters. The van der Waals surface area contributed by atoms with Crippen molar-refractivity contribution in [3.05, 3.63) is 30.1 Å². The second-order valence-corrected chi connectivity index (χ2v) is 6.14. The fourth-order valence-electron chi connectivity index (χ4n) is 2.93. The maximum absolute atomic E-state index is 12.3. The molecule has 1 amide bonds. The van der Waals surface area contributed by atoms with Crippen LogP contribution in [0.5, 0.6) is 0 Å². The molecule has 5 nitrogen and oxygen atoms in total. The van der Waals surface area contributed by atoms with Crippen LogP contribution < -0.4 is 5.32 Å². The topological polar surface area (TPSA) is 56.2 Å². The van der Waals surface area contributed by atoms with Crippen molar-refractivity contribution < 1.29 is 9.53 Å². The molecule has 1 aromatic carbocycles. The Morgan fingerprint density at radius 3 is 3.00 bits per heavy atom. The lowest BCUT2D eigenvalue weighted by molar-refractivity contribution is -0.122. The van der Waals surface area contributed by atoms with Gasteiger partial charge in [-0.1, -0.05) is 26.0 Å². The molecule has 0 bridgehead atoms. The molecule has 1 N–H and O–H groups in total. The lowest BCUT2D eigenvalue weighted by atomic mass is 10.2. The molecule has 1 aliphatic rings. The third-order valence-corrected chi connectivity index (χ3v) is 4.05. The molecule has 0 saturated carbocycles. The van der Waals surface area contributed by atoms with E-state index in [0.29, 0.717) is 13.1 Å². The average Bonchev–Trinajstić information content (AvgIpc) is 3.13. The number of amides is 1. The van der Waals surface area contributed by atoms with Gasteiger partial charge in [0, 0.05) is 19.1 Å². The molecule has 1 saturated heterocycles. The normalized spacial score (nSPS) is 18.2. The van der Waals surface area contributed by atoms with Gasteiger partial charge in [-0.2, -0.15) is 0 Å². The molecular formula is C17H23N3O2. The molecule has 0 radical (unpaired) electrons. The molecule has 22 heavy (non-hydrogen) atoms. The van der Waals surface area contributed by atoms with E-state index in [1.807, 2.05) is 28.8 Å². The van der Waals surface area contributed by atoms with E-state index in [1.165, 1.54) is 0 Å². The van der Waals surface area contributed by atoms with Crippen molar-refractivity contribution in [3.63, 3.8) is 0 Å². The highest BCUT2D eigenvalue weighted by atomic mass is 16.5. The Bertz CT molecular complexity index is 657. The van der Waals surface area contributed by atoms with Crippen molar-refractivity contribution in [3.8, 4) is 0 Å². The summed E-state index contributed by atoms with van der Waals surface area (Å²) >= 11 is 0. The Labute approximate surface area is 130 Å². The minimum atomic E-state index is 0.0144. The Morgan fingerprint density at radius 2 is 2.27 bits per heavy atom. The van der Waals surface area contributed by atoms with Gasteiger partial charge in [-0.05, 0) is 25.0 Å². The molecule has 0 aliphatic carbocycles. The van der Waals surface area contributed by atoms with Crippen molar-refractivity contribution in [2.75, 3.05) is 13.2 Å². The van der Waals surface area contributed by atoms with E-state index in [9.17, 15) is 4.79 Å². The van der Waals surface area contributed by atoms with Crippen molar-refractivity contribution in [2.24, 2.45) is 0 Å². The Balaban J connectivity index is 1.74. The third kappa shape index (κ3) is 3.14. The van der Waals surface area contributed by atoms with Crippen LogP contribution in [0.2, 0.25) is 0 Å². The zero-order valence-electron chi connectivity index (χ0n) is 13.2. The molecule has 2 aromatic rings. The van der Waals surface area contributed by atoms with Gasteiger partial charge in [-0.15, -0.1) is 0 Å². The number of carbonyl (C=O) groups is 1. The number of ether oxygens (including phenoxy) is 1. The van der Waals surface area contributed by atoms with E-state index < -0.39 is 0 Å². The lowest BCUT2D eigenvalue weighted by Gasteiger charge is -2.14. The van der Waals surface area contributed by atoms with E-state index in [1.54, 1.807) is 0 Å². The van der Waals surface area contributed by atoms with E-state index in [-0.39, 0.29) is 17.9 Å². The lowest BCUT2D eigenvalue weighted by Crippen LogP contribution is -2.34. The molecule has 5 heteroatoms. The van der Waals surface area contributed by atoms with Crippen molar-refractivity contribution in [1.29, 1.82) is 0 Å². The number of hydrogen-bond donors (Lipinski definition) is 1. The van der Waals surface area contributed by atoms with Crippen LogP contribution in [0.4, 0.5) is 0 Å². The van der Waals surface area contributed by atoms with E-state index >= 15 is 0 Å². The van der Waals surface area contributed by atoms with Crippen LogP contribution in [0.25, 0.3) is 11.0 Å². The maximum atomic E-state index is 12.3. The largest absolute Gasteiger partial charge is 0.376 e. The van der Waals surface area contributed by atoms with Gasteiger partial charge in [0.05, 0.1) is 17.1 Å². The predicted molar refractivity (Wildman–Crippen MR) is 85.8 cm³/mol. The Hall–Kier alpha value is -1.88. The van der Waals surface area contributed by atoms with Gasteiger partial charge in [0.15, 0.2) is 0 Å². The SMILES string of the molecule is CC(C)c1nc2ccccc2n1CC(=O)NCC1CCCO1. The van der Waals surface area contributed by atoms with Gasteiger partial charge >= 0.3 is 0 Å². The number of hydrogen-bond acceptors (Lipinski definition) is 3. The third-order valence-electron chi connectivity index (χ3n) is 4.05. The first-order valence-corrected chi connectivity index (χ1v) is 7.98. The number of benzene rings is 1. The minimum absolute atomic E-state index is 0.0144. The molecule has 118 valence electrons. The predicted octanol–water partition coefficient (Wildman–Crippen LogP) is 2.45. The number of nitrogens with zero attached hydrogens (tertiary/aromatic N) is 2. The molecule has 2 heterocycles. The van der Waals surface area contributed by atoms with Crippen LogP contribution in [0.1, 0.15) is 38.4 Å². The van der Waals surface area contributed by atoms with Gasteiger partial charge in [0.25, 0.3) is 0 Å². The molecule has 1 aliphatic heterocycles. The molecular weight excluding hydrogens is 278 g/mol. The van der Waals surface area contributed by atoms with Gasteiger partial charge in [0.2, 0.25) is 5.91 Å². The summed E-state index contributed by atoms with van der Waals surface area (Å²) in [6, 6.07) is 7.96. The van der Waals surface area contributed by atoms with Gasteiger partial charge in [-0.25, -0.2) is 4.98 Å². The van der Waals surface area contributed by atoms with E-state index in [4.69, 9.17) is 4.74 Å². The van der Waals surface area contributed by atoms with E-state index in [2.05, 4.69) is 24.1 Å². The highest BCUT2D eigenvalue weighted by Crippen LogP contribution is 2.21. The second kappa shape index (κ2) is 6.48. The maximum Gasteiger partial charge on any atom is 0.240 e. The molecule has 1 unspecified atom stereocenters. The smallest absolute Gasteiger partial charge is 0.240 e. The van der Waals surface area contributed by atoms with Crippen LogP contribution in [-0.4, -0.2) is 34.7 Å². The molecule has 0 spiro atoms. The first-order chi connectivity index (χ1) is 10.6. The second-order valence-electron chi connectivity index (χ2n) is 6.14. The standard InChI is InChI=1S/C17H23N3O2/c1-12(2)17-19-14-7-3-4-8-15(14)20(17)11-16(21)18-10-13-6-5-9-22-13/h3-4,7-8,12-13H,5-6,9-11H2,1-2H3,(H,18,21). The fraction of sp³-hybridized carbons (Fsp3) is 0.529. The monoisotopic (exact) mass is 301 g/mol. The van der Waals surface area contributed by atoms with Crippen LogP contribution in [0, 0.1) is 0 Å². The molecule has 1 aromatic heterocycles. The summed E-state index contributed by atoms with van der Waals surface area (Å²) in [5.41, 5.74) is 1.96. The summed E-state index contributed by atoms with van der Waals surface area (Å²) < 4.78 is 7.56. The van der Waals surface area contributed by atoms with E-state index in [0.717, 1.165) is 36.3 Å². The molecule has 1 fully saturated rings. The first-order valence-electron chi connectivity index (χ1n) is 7.98. The first kappa shape index (κ1) is 15.0. The van der Waals surface area contributed by atoms with Gasteiger partial charge in [0.1, 0.15) is 12.4 Å². The number of aromatic nitrogens is 2. The number of nitrogens with one attached hydrogen (secondary N) is 1.